The van der Waals surface area contributed by atoms with Crippen LogP contribution in [0.15, 0.2) is 35.2 Å². The lowest BCUT2D eigenvalue weighted by Gasteiger charge is -2.18. The van der Waals surface area contributed by atoms with Gasteiger partial charge in [-0.05, 0) is 30.7 Å². The first kappa shape index (κ1) is 19.2. The highest BCUT2D eigenvalue weighted by atomic mass is 35.5. The van der Waals surface area contributed by atoms with Crippen LogP contribution in [0.5, 0.6) is 0 Å². The molecule has 0 heterocycles. The maximum absolute atomic E-state index is 13.3. The molecule has 0 saturated heterocycles. The molecule has 0 amide bonds. The van der Waals surface area contributed by atoms with Crippen LogP contribution in [-0.2, 0) is 16.6 Å². The van der Waals surface area contributed by atoms with Gasteiger partial charge in [0.05, 0.1) is 14.8 Å². The van der Waals surface area contributed by atoms with Crippen molar-refractivity contribution >= 4 is 27.3 Å². The van der Waals surface area contributed by atoms with Crippen LogP contribution < -0.4 is 0 Å². The third-order valence-corrected chi connectivity index (χ3v) is 5.76. The zero-order valence-electron chi connectivity index (χ0n) is 13.2. The largest absolute Gasteiger partial charge is 0.275 e. The Morgan fingerprint density at radius 1 is 1.20 bits per heavy atom. The topological polar surface area (TPSA) is 80.5 Å². The van der Waals surface area contributed by atoms with Gasteiger partial charge in [-0.1, -0.05) is 17.7 Å². The molecule has 0 aromatic heterocycles. The summed E-state index contributed by atoms with van der Waals surface area (Å²) in [6.45, 7) is 1.15. The zero-order chi connectivity index (χ0) is 18.9. The van der Waals surface area contributed by atoms with Crippen LogP contribution in [-0.4, -0.2) is 24.7 Å². The first-order valence-corrected chi connectivity index (χ1v) is 8.70. The lowest BCUT2D eigenvalue weighted by Crippen LogP contribution is -2.26. The second kappa shape index (κ2) is 7.03. The van der Waals surface area contributed by atoms with Gasteiger partial charge in [0, 0.05) is 25.2 Å². The minimum absolute atomic E-state index is 0.0611. The summed E-state index contributed by atoms with van der Waals surface area (Å²) in [6, 6.07) is 5.04. The van der Waals surface area contributed by atoms with Crippen LogP contribution in [0.1, 0.15) is 11.1 Å². The zero-order valence-corrected chi connectivity index (χ0v) is 14.7. The Morgan fingerprint density at radius 2 is 1.84 bits per heavy atom. The maximum atomic E-state index is 13.3. The fourth-order valence-corrected chi connectivity index (χ4v) is 3.62. The minimum Gasteiger partial charge on any atom is -0.258 e. The van der Waals surface area contributed by atoms with E-state index in [-0.39, 0.29) is 27.6 Å². The Bertz CT molecular complexity index is 951. The molecule has 0 saturated carbocycles. The quantitative estimate of drug-likeness (QED) is 0.576. The molecule has 0 aliphatic carbocycles. The molecule has 25 heavy (non-hydrogen) atoms. The molecule has 0 radical (unpaired) electrons. The van der Waals surface area contributed by atoms with Crippen molar-refractivity contribution in [1.82, 2.24) is 4.31 Å². The summed E-state index contributed by atoms with van der Waals surface area (Å²) in [5, 5.41) is 11.0. The Kier molecular flexibility index (Phi) is 5.40. The molecule has 0 unspecified atom stereocenters. The molecule has 0 atom stereocenters. The molecule has 0 N–H and O–H groups in total. The maximum Gasteiger partial charge on any atom is 0.275 e. The van der Waals surface area contributed by atoms with Crippen molar-refractivity contribution in [2.45, 2.75) is 18.4 Å². The van der Waals surface area contributed by atoms with E-state index in [1.54, 1.807) is 0 Å². The first-order chi connectivity index (χ1) is 11.5. The number of sulfonamides is 1. The van der Waals surface area contributed by atoms with Crippen LogP contribution in [0, 0.1) is 28.7 Å². The summed E-state index contributed by atoms with van der Waals surface area (Å²) in [7, 11) is -2.91. The van der Waals surface area contributed by atoms with Crippen LogP contribution in [0.4, 0.5) is 14.5 Å². The third-order valence-electron chi connectivity index (χ3n) is 3.58. The van der Waals surface area contributed by atoms with Crippen molar-refractivity contribution in [3.8, 4) is 0 Å². The van der Waals surface area contributed by atoms with E-state index in [2.05, 4.69) is 0 Å². The summed E-state index contributed by atoms with van der Waals surface area (Å²) in [5.74, 6) is -2.15. The summed E-state index contributed by atoms with van der Waals surface area (Å²) in [5.41, 5.74) is -0.0566. The van der Waals surface area contributed by atoms with E-state index in [1.807, 2.05) is 0 Å². The SMILES string of the molecule is Cc1c(Cl)cc(S(=O)(=O)N(C)Cc2ccc(F)c(F)c2)cc1[N+](=O)[O-]. The lowest BCUT2D eigenvalue weighted by molar-refractivity contribution is -0.385. The molecule has 2 aromatic carbocycles. The Hall–Kier alpha value is -2.10. The summed E-state index contributed by atoms with van der Waals surface area (Å²) in [4.78, 5) is 9.96. The average Bonchev–Trinajstić information content (AvgIpc) is 2.52. The highest BCUT2D eigenvalue weighted by Gasteiger charge is 2.26. The van der Waals surface area contributed by atoms with Gasteiger partial charge in [-0.25, -0.2) is 17.2 Å². The van der Waals surface area contributed by atoms with E-state index in [0.29, 0.717) is 0 Å². The molecule has 6 nitrogen and oxygen atoms in total. The normalized spacial score (nSPS) is 11.8. The number of hydrogen-bond acceptors (Lipinski definition) is 4. The van der Waals surface area contributed by atoms with Crippen molar-refractivity contribution in [1.29, 1.82) is 0 Å². The van der Waals surface area contributed by atoms with E-state index in [9.17, 15) is 27.3 Å². The standard InChI is InChI=1S/C15H13ClF2N2O4S/c1-9-12(16)6-11(7-15(9)20(21)22)25(23,24)19(2)8-10-3-4-13(17)14(18)5-10/h3-7H,8H2,1-2H3. The Labute approximate surface area is 147 Å². The van der Waals surface area contributed by atoms with Crippen molar-refractivity contribution in [3.05, 3.63) is 68.2 Å². The predicted octanol–water partition coefficient (Wildman–Crippen LogP) is 3.66. The number of benzene rings is 2. The van der Waals surface area contributed by atoms with E-state index < -0.39 is 32.3 Å². The molecule has 0 fully saturated rings. The molecule has 0 spiro atoms. The number of nitro groups is 1. The molecule has 0 aliphatic heterocycles. The highest BCUT2D eigenvalue weighted by molar-refractivity contribution is 7.89. The number of rotatable bonds is 5. The van der Waals surface area contributed by atoms with Crippen LogP contribution in [0.25, 0.3) is 0 Å². The predicted molar refractivity (Wildman–Crippen MR) is 87.9 cm³/mol. The number of nitrogens with zero attached hydrogens (tertiary/aromatic N) is 2. The lowest BCUT2D eigenvalue weighted by atomic mass is 10.2. The Balaban J connectivity index is 2.40. The van der Waals surface area contributed by atoms with E-state index >= 15 is 0 Å². The first-order valence-electron chi connectivity index (χ1n) is 6.89. The third kappa shape index (κ3) is 3.94. The van der Waals surface area contributed by atoms with Gasteiger partial charge in [0.1, 0.15) is 0 Å². The highest BCUT2D eigenvalue weighted by Crippen LogP contribution is 2.31. The minimum atomic E-state index is -4.13. The van der Waals surface area contributed by atoms with Gasteiger partial charge >= 0.3 is 0 Å². The average molecular weight is 391 g/mol. The van der Waals surface area contributed by atoms with Crippen molar-refractivity contribution in [2.24, 2.45) is 0 Å². The van der Waals surface area contributed by atoms with Crippen molar-refractivity contribution in [2.75, 3.05) is 7.05 Å². The van der Waals surface area contributed by atoms with Gasteiger partial charge in [0.25, 0.3) is 5.69 Å². The summed E-state index contributed by atoms with van der Waals surface area (Å²) >= 11 is 5.89. The molecule has 10 heteroatoms. The van der Waals surface area contributed by atoms with Gasteiger partial charge < -0.3 is 0 Å². The fraction of sp³-hybridized carbons (Fsp3) is 0.200. The molecular weight excluding hydrogens is 378 g/mol. The van der Waals surface area contributed by atoms with Gasteiger partial charge in [-0.2, -0.15) is 4.31 Å². The van der Waals surface area contributed by atoms with Gasteiger partial charge in [-0.3, -0.25) is 10.1 Å². The van der Waals surface area contributed by atoms with Gasteiger partial charge in [-0.15, -0.1) is 0 Å². The molecule has 134 valence electrons. The van der Waals surface area contributed by atoms with Crippen LogP contribution in [0.2, 0.25) is 5.02 Å². The van der Waals surface area contributed by atoms with Gasteiger partial charge in [0.2, 0.25) is 10.0 Å². The molecule has 0 aliphatic rings. The molecular formula is C15H13ClF2N2O4S. The number of nitro benzene ring substituents is 1. The second-order valence-corrected chi connectivity index (χ2v) is 7.77. The van der Waals surface area contributed by atoms with Crippen LogP contribution in [0.3, 0.4) is 0 Å². The van der Waals surface area contributed by atoms with E-state index in [0.717, 1.165) is 28.6 Å². The van der Waals surface area contributed by atoms with Gasteiger partial charge in [0.15, 0.2) is 11.6 Å². The van der Waals surface area contributed by atoms with Crippen molar-refractivity contribution in [3.63, 3.8) is 0 Å². The Morgan fingerprint density at radius 3 is 2.40 bits per heavy atom. The molecule has 2 rings (SSSR count). The van der Waals surface area contributed by atoms with E-state index in [4.69, 9.17) is 11.6 Å². The second-order valence-electron chi connectivity index (χ2n) is 5.32. The summed E-state index contributed by atoms with van der Waals surface area (Å²) in [6.07, 6.45) is 0. The van der Waals surface area contributed by atoms with Crippen LogP contribution >= 0.6 is 11.6 Å². The fourth-order valence-electron chi connectivity index (χ4n) is 2.14. The summed E-state index contributed by atoms with van der Waals surface area (Å²) < 4.78 is 52.3. The van der Waals surface area contributed by atoms with Crippen molar-refractivity contribution < 1.29 is 22.1 Å². The smallest absolute Gasteiger partial charge is 0.258 e. The number of halogens is 3. The number of hydrogen-bond donors (Lipinski definition) is 0. The van der Waals surface area contributed by atoms with E-state index in [1.165, 1.54) is 20.0 Å². The molecule has 2 aromatic rings. The molecule has 0 bridgehead atoms. The monoisotopic (exact) mass is 390 g/mol.